The number of piperazine rings is 2. The van der Waals surface area contributed by atoms with Crippen molar-refractivity contribution in [2.75, 3.05) is 68.7 Å². The fraction of sp³-hybridized carbons (Fsp3) is 0.531. The van der Waals surface area contributed by atoms with E-state index in [1.54, 1.807) is 22.9 Å². The number of pyridine rings is 2. The van der Waals surface area contributed by atoms with Gasteiger partial charge in [-0.3, -0.25) is 20.0 Å². The van der Waals surface area contributed by atoms with Gasteiger partial charge in [0.05, 0.1) is 22.4 Å². The summed E-state index contributed by atoms with van der Waals surface area (Å²) < 4.78 is 34.0. The number of aryl methyl sites for hydroxylation is 2. The van der Waals surface area contributed by atoms with Crippen molar-refractivity contribution in [3.63, 3.8) is 0 Å². The van der Waals surface area contributed by atoms with E-state index in [4.69, 9.17) is 22.3 Å². The molecule has 2 saturated heterocycles. The van der Waals surface area contributed by atoms with Crippen molar-refractivity contribution in [2.45, 2.75) is 110 Å². The van der Waals surface area contributed by atoms with Crippen LogP contribution in [0.4, 0.5) is 20.2 Å². The van der Waals surface area contributed by atoms with Gasteiger partial charge in [-0.05, 0) is 57.4 Å². The Labute approximate surface area is 391 Å². The third kappa shape index (κ3) is 13.0. The quantitative estimate of drug-likeness (QED) is 0.0328. The Bertz CT molecular complexity index is 2580. The summed E-state index contributed by atoms with van der Waals surface area (Å²) in [5.74, 6) is -1.50. The highest BCUT2D eigenvalue weighted by atomic mass is 19.1. The highest BCUT2D eigenvalue weighted by Crippen LogP contribution is 2.28. The first-order valence-electron chi connectivity index (χ1n) is 24.0. The Hall–Kier alpha value is -6.33. The molecule has 2 aromatic carbocycles. The number of amidine groups is 1. The zero-order valence-electron chi connectivity index (χ0n) is 39.2. The number of benzene rings is 2. The molecule has 2 aliphatic heterocycles. The molecule has 7 N–H and O–H groups in total. The number of carbonyl (C=O) groups is 1. The Morgan fingerprint density at radius 3 is 1.76 bits per heavy atom. The molecule has 2 aliphatic rings. The van der Waals surface area contributed by atoms with Gasteiger partial charge in [0.1, 0.15) is 23.0 Å². The summed E-state index contributed by atoms with van der Waals surface area (Å²) >= 11 is 0. The largest absolute Gasteiger partial charge is 0.477 e. The molecule has 0 spiro atoms. The van der Waals surface area contributed by atoms with Crippen molar-refractivity contribution in [3.05, 3.63) is 80.4 Å². The number of hydrogen-bond acceptors (Lipinski definition) is 8. The number of carboxylic acid groups (broad SMARTS) is 1. The molecule has 0 saturated carbocycles. The lowest BCUT2D eigenvalue weighted by Gasteiger charge is -2.37. The number of nitrogens with zero attached hydrogens (tertiary/aromatic N) is 8. The Balaban J connectivity index is 0.774. The molecule has 362 valence electrons. The Morgan fingerprint density at radius 2 is 1.21 bits per heavy atom. The first-order valence-corrected chi connectivity index (χ1v) is 24.0. The van der Waals surface area contributed by atoms with Crippen LogP contribution >= 0.6 is 0 Å². The van der Waals surface area contributed by atoms with Gasteiger partial charge in [0.15, 0.2) is 11.4 Å². The van der Waals surface area contributed by atoms with Crippen LogP contribution in [0, 0.1) is 22.5 Å². The summed E-state index contributed by atoms with van der Waals surface area (Å²) in [5.41, 5.74) is 13.7. The minimum atomic E-state index is -1.34. The second-order valence-electron chi connectivity index (χ2n) is 17.6. The summed E-state index contributed by atoms with van der Waals surface area (Å²) in [6.45, 7) is 9.68. The fourth-order valence-corrected chi connectivity index (χ4v) is 9.14. The molecule has 16 nitrogen and oxygen atoms in total. The van der Waals surface area contributed by atoms with Crippen molar-refractivity contribution in [1.82, 2.24) is 18.9 Å². The van der Waals surface area contributed by atoms with Crippen LogP contribution in [-0.2, 0) is 13.1 Å². The van der Waals surface area contributed by atoms with Crippen LogP contribution in [0.5, 0.6) is 0 Å². The summed E-state index contributed by atoms with van der Waals surface area (Å²) in [6, 6.07) is 7.33. The number of fused-ring (bicyclic) bond motifs is 2. The third-order valence-electron chi connectivity index (χ3n) is 13.1. The smallest absolute Gasteiger partial charge is 0.341 e. The number of aromatic carboxylic acids is 1. The third-order valence-corrected chi connectivity index (χ3v) is 13.1. The molecule has 2 fully saturated rings. The summed E-state index contributed by atoms with van der Waals surface area (Å²) in [5, 5.41) is 27.0. The van der Waals surface area contributed by atoms with Crippen LogP contribution in [0.25, 0.3) is 21.8 Å². The lowest BCUT2D eigenvalue weighted by Crippen LogP contribution is -2.51. The molecule has 6 rings (SSSR count). The number of anilines is 2. The van der Waals surface area contributed by atoms with Gasteiger partial charge in [0, 0.05) is 113 Å². The molecular weight excluding hydrogens is 859 g/mol. The lowest BCUT2D eigenvalue weighted by atomic mass is 10.0. The zero-order chi connectivity index (χ0) is 48.0. The highest BCUT2D eigenvalue weighted by Gasteiger charge is 2.25. The first-order chi connectivity index (χ1) is 32.3. The predicted octanol–water partition coefficient (Wildman–Crippen LogP) is 6.97. The van der Waals surface area contributed by atoms with Gasteiger partial charge in [-0.25, -0.2) is 13.6 Å². The molecule has 0 amide bonds. The number of nitrogens with two attached hydrogens (primary N) is 2. The van der Waals surface area contributed by atoms with Crippen LogP contribution in [-0.4, -0.2) is 112 Å². The topological polar surface area (TPSA) is 219 Å². The maximum Gasteiger partial charge on any atom is 0.341 e. The molecule has 4 aromatic rings. The van der Waals surface area contributed by atoms with E-state index in [0.717, 1.165) is 50.1 Å². The molecule has 2 aromatic heterocycles. The molecule has 0 radical (unpaired) electrons. The Kier molecular flexibility index (Phi) is 17.9. The minimum Gasteiger partial charge on any atom is -0.477 e. The van der Waals surface area contributed by atoms with Crippen LogP contribution in [0.15, 0.2) is 62.3 Å². The van der Waals surface area contributed by atoms with Crippen molar-refractivity contribution in [1.29, 1.82) is 10.8 Å². The number of carboxylic acids is 1. The van der Waals surface area contributed by atoms with Crippen molar-refractivity contribution in [2.24, 2.45) is 21.5 Å². The van der Waals surface area contributed by atoms with E-state index in [1.165, 1.54) is 50.4 Å². The van der Waals surface area contributed by atoms with E-state index in [2.05, 4.69) is 9.98 Å². The molecule has 67 heavy (non-hydrogen) atoms. The first kappa shape index (κ1) is 50.1. The number of unbranched alkanes of at least 4 members (excludes halogenated alkanes) is 10. The molecule has 4 heterocycles. The second-order valence-corrected chi connectivity index (χ2v) is 17.6. The fourth-order valence-electron chi connectivity index (χ4n) is 9.14. The Morgan fingerprint density at radius 1 is 0.701 bits per heavy atom. The van der Waals surface area contributed by atoms with Gasteiger partial charge >= 0.3 is 5.97 Å². The molecular formula is C49H68F2N12O4. The second kappa shape index (κ2) is 23.9. The zero-order valence-corrected chi connectivity index (χ0v) is 39.2. The summed E-state index contributed by atoms with van der Waals surface area (Å²) in [6.07, 6.45) is 16.5. The normalized spacial score (nSPS) is 15.0. The highest BCUT2D eigenvalue weighted by molar-refractivity contribution is 6.01. The van der Waals surface area contributed by atoms with Crippen molar-refractivity contribution < 1.29 is 18.7 Å². The lowest BCUT2D eigenvalue weighted by molar-refractivity contribution is 0.0694. The monoisotopic (exact) mass is 927 g/mol. The van der Waals surface area contributed by atoms with Gasteiger partial charge in [-0.2, -0.15) is 4.99 Å². The molecule has 0 aliphatic carbocycles. The van der Waals surface area contributed by atoms with Crippen LogP contribution < -0.4 is 32.1 Å². The maximum absolute atomic E-state index is 15.3. The molecule has 0 bridgehead atoms. The van der Waals surface area contributed by atoms with Gasteiger partial charge < -0.3 is 50.7 Å². The average Bonchev–Trinajstić information content (AvgIpc) is 3.31. The van der Waals surface area contributed by atoms with Gasteiger partial charge in [0.25, 0.3) is 0 Å². The van der Waals surface area contributed by atoms with Crippen LogP contribution in [0.3, 0.4) is 0 Å². The van der Waals surface area contributed by atoms with E-state index in [-0.39, 0.29) is 28.3 Å². The predicted molar refractivity (Wildman–Crippen MR) is 266 cm³/mol. The van der Waals surface area contributed by atoms with Crippen molar-refractivity contribution in [3.8, 4) is 0 Å². The number of guanidine groups is 2. The van der Waals surface area contributed by atoms with E-state index >= 15 is 8.78 Å². The number of nitrogens with one attached hydrogen (secondary N) is 2. The van der Waals surface area contributed by atoms with E-state index in [9.17, 15) is 19.5 Å². The molecule has 0 unspecified atom stereocenters. The molecule has 18 heteroatoms. The summed E-state index contributed by atoms with van der Waals surface area (Å²) in [4.78, 5) is 53.1. The number of aromatic nitrogens is 2. The van der Waals surface area contributed by atoms with Gasteiger partial charge in [-0.1, -0.05) is 57.8 Å². The number of aliphatic imine (C=N–C) groups is 2. The standard InChI is InChI=1S/C49H68F2N12O4/c1-3-58-19-17-44(64)35-29-38(50)42(31-40(35)58)60-20-24-62(25-21-60)45(53)28-34(52)16-14-12-10-8-6-5-7-9-11-13-15-18-56-48(54)57-49(55)63-26-22-61(23-27-63)43-32-41-36(30-39(43)51)46(65)37(47(66)67)33-59(41)4-2/h17,19,29-33,52-53H,3-16,18,20-28H2,1-2H3,(H,66,67)(H4,54,55,56,57). The summed E-state index contributed by atoms with van der Waals surface area (Å²) in [7, 11) is 0. The number of halogens is 2. The SMILES string of the molecule is CCn1ccc(=O)c2cc(F)c(N3CCN(C(=N)CC(=N)CCCCCCCCCCCCCN=C(N)N=C(N)N4CCN(c5cc6c(cc5F)c(=O)c(C(=O)O)cn6CC)CC4)CC3)cc21. The van der Waals surface area contributed by atoms with Gasteiger partial charge in [-0.15, -0.1) is 0 Å². The number of rotatable bonds is 21. The van der Waals surface area contributed by atoms with E-state index in [0.29, 0.717) is 119 Å². The molecule has 0 atom stereocenters. The van der Waals surface area contributed by atoms with Crippen LogP contribution in [0.2, 0.25) is 0 Å². The minimum absolute atomic E-state index is 0.0340. The maximum atomic E-state index is 15.3. The van der Waals surface area contributed by atoms with Crippen LogP contribution in [0.1, 0.15) is 108 Å². The number of hydrogen-bond donors (Lipinski definition) is 5. The average molecular weight is 927 g/mol. The van der Waals surface area contributed by atoms with E-state index < -0.39 is 23.0 Å². The van der Waals surface area contributed by atoms with Crippen molar-refractivity contribution >= 4 is 62.6 Å². The van der Waals surface area contributed by atoms with Gasteiger partial charge in [0.2, 0.25) is 11.4 Å². The van der Waals surface area contributed by atoms with E-state index in [1.807, 2.05) is 38.0 Å².